The van der Waals surface area contributed by atoms with Crippen molar-refractivity contribution in [3.8, 4) is 0 Å². The third-order valence-corrected chi connectivity index (χ3v) is 11.7. The second-order valence-corrected chi connectivity index (χ2v) is 18.2. The van der Waals surface area contributed by atoms with Crippen LogP contribution >= 0.6 is 0 Å². The van der Waals surface area contributed by atoms with Crippen LogP contribution in [0.3, 0.4) is 0 Å². The first-order valence-corrected chi connectivity index (χ1v) is 27.8. The van der Waals surface area contributed by atoms with E-state index in [1.54, 1.807) is 0 Å². The summed E-state index contributed by atoms with van der Waals surface area (Å²) in [5.74, 6) is -0.946. The topological polar surface area (TPSA) is 78.9 Å². The van der Waals surface area contributed by atoms with E-state index in [2.05, 4.69) is 57.2 Å². The third kappa shape index (κ3) is 53.2. The SMILES string of the molecule is CC\C=C/C=C\C=C/C=C\C=C\C=C/CCCCCC(=O)OC(COC(=O)CCCCCCCCC/C=C\C/C=C\CC)COC(=O)CCCCCCCCCCCCCCCCCCCC. The lowest BCUT2D eigenvalue weighted by Gasteiger charge is -2.18. The molecular weight excluding hydrogens is 829 g/mol. The number of hydrogen-bond acceptors (Lipinski definition) is 6. The van der Waals surface area contributed by atoms with E-state index in [4.69, 9.17) is 14.2 Å². The Morgan fingerprint density at radius 1 is 0.328 bits per heavy atom. The van der Waals surface area contributed by atoms with Crippen LogP contribution in [0.25, 0.3) is 0 Å². The van der Waals surface area contributed by atoms with Crippen molar-refractivity contribution in [3.63, 3.8) is 0 Å². The van der Waals surface area contributed by atoms with Crippen molar-refractivity contribution in [1.82, 2.24) is 0 Å². The van der Waals surface area contributed by atoms with Crippen LogP contribution in [0.1, 0.15) is 252 Å². The molecule has 0 aliphatic heterocycles. The maximum Gasteiger partial charge on any atom is 0.306 e. The lowest BCUT2D eigenvalue weighted by molar-refractivity contribution is -0.167. The van der Waals surface area contributed by atoms with Gasteiger partial charge in [-0.2, -0.15) is 0 Å². The minimum atomic E-state index is -0.804. The highest BCUT2D eigenvalue weighted by atomic mass is 16.6. The van der Waals surface area contributed by atoms with Crippen LogP contribution in [0.5, 0.6) is 0 Å². The Hall–Kier alpha value is -3.67. The molecule has 0 saturated carbocycles. The molecule has 1 atom stereocenters. The third-order valence-electron chi connectivity index (χ3n) is 11.7. The summed E-state index contributed by atoms with van der Waals surface area (Å²) < 4.78 is 16.8. The number of esters is 3. The highest BCUT2D eigenvalue weighted by molar-refractivity contribution is 5.71. The van der Waals surface area contributed by atoms with Gasteiger partial charge in [-0.25, -0.2) is 0 Å². The summed E-state index contributed by atoms with van der Waals surface area (Å²) >= 11 is 0. The Labute approximate surface area is 413 Å². The minimum Gasteiger partial charge on any atom is -0.462 e. The summed E-state index contributed by atoms with van der Waals surface area (Å²) in [7, 11) is 0. The van der Waals surface area contributed by atoms with Crippen molar-refractivity contribution in [1.29, 1.82) is 0 Å². The molecule has 0 rings (SSSR count). The number of hydrogen-bond donors (Lipinski definition) is 0. The van der Waals surface area contributed by atoms with Gasteiger partial charge in [-0.15, -0.1) is 0 Å². The maximum absolute atomic E-state index is 12.8. The summed E-state index contributed by atoms with van der Waals surface area (Å²) in [4.78, 5) is 38.1. The molecule has 382 valence electrons. The molecule has 0 aromatic heterocycles. The van der Waals surface area contributed by atoms with Gasteiger partial charge in [0.2, 0.25) is 0 Å². The van der Waals surface area contributed by atoms with E-state index < -0.39 is 6.10 Å². The molecule has 0 aromatic carbocycles. The van der Waals surface area contributed by atoms with E-state index in [1.165, 1.54) is 122 Å². The molecule has 0 heterocycles. The van der Waals surface area contributed by atoms with Gasteiger partial charge in [-0.1, -0.05) is 266 Å². The summed E-state index contributed by atoms with van der Waals surface area (Å²) in [6, 6.07) is 0. The van der Waals surface area contributed by atoms with Gasteiger partial charge < -0.3 is 14.2 Å². The minimum absolute atomic E-state index is 0.0971. The van der Waals surface area contributed by atoms with Crippen molar-refractivity contribution >= 4 is 17.9 Å². The van der Waals surface area contributed by atoms with Gasteiger partial charge in [-0.05, 0) is 64.2 Å². The zero-order chi connectivity index (χ0) is 48.6. The fraction of sp³-hybridized carbons (Fsp3) is 0.689. The molecule has 6 heteroatoms. The van der Waals surface area contributed by atoms with Crippen LogP contribution in [0, 0.1) is 0 Å². The van der Waals surface area contributed by atoms with Crippen molar-refractivity contribution in [3.05, 3.63) is 97.2 Å². The van der Waals surface area contributed by atoms with Gasteiger partial charge >= 0.3 is 17.9 Å². The largest absolute Gasteiger partial charge is 0.462 e. The molecule has 67 heavy (non-hydrogen) atoms. The van der Waals surface area contributed by atoms with E-state index in [0.29, 0.717) is 19.3 Å². The van der Waals surface area contributed by atoms with Gasteiger partial charge in [0.15, 0.2) is 6.10 Å². The quantitative estimate of drug-likeness (QED) is 0.0199. The van der Waals surface area contributed by atoms with Crippen LogP contribution < -0.4 is 0 Å². The fourth-order valence-corrected chi connectivity index (χ4v) is 7.63. The molecule has 0 spiro atoms. The Balaban J connectivity index is 4.46. The second-order valence-electron chi connectivity index (χ2n) is 18.2. The van der Waals surface area contributed by atoms with Crippen molar-refractivity contribution in [2.24, 2.45) is 0 Å². The standard InChI is InChI=1S/C61H102O6/c1-4-7-10-13-16-19-22-25-28-30-32-33-36-39-42-45-48-51-54-60(63)66-57-58(56-65-59(62)53-50-47-44-41-38-35-27-24-21-18-15-12-9-6-3)67-61(64)55-52-49-46-43-40-37-34-31-29-26-23-20-17-14-11-8-5-2/h8-9,11-12,14,17-18,20-21,23,26,29,31,34,37,40,58H,4-7,10,13,15-16,19,22,24-25,27-28,30,32-33,35-36,38-39,41-57H2,1-3H3/b11-8-,12-9-,17-14-,21-18-,23-20-,29-26-,34-31+,40-37-. The zero-order valence-corrected chi connectivity index (χ0v) is 43.6. The predicted octanol–water partition coefficient (Wildman–Crippen LogP) is 18.5. The molecule has 0 aliphatic rings. The fourth-order valence-electron chi connectivity index (χ4n) is 7.63. The first-order chi connectivity index (χ1) is 33.0. The van der Waals surface area contributed by atoms with Crippen LogP contribution in [0.4, 0.5) is 0 Å². The van der Waals surface area contributed by atoms with Crippen molar-refractivity contribution < 1.29 is 28.6 Å². The van der Waals surface area contributed by atoms with Gasteiger partial charge in [0.05, 0.1) is 0 Å². The summed E-state index contributed by atoms with van der Waals surface area (Å²) in [5, 5.41) is 0. The van der Waals surface area contributed by atoms with Crippen LogP contribution in [-0.4, -0.2) is 37.2 Å². The molecule has 0 aliphatic carbocycles. The highest BCUT2D eigenvalue weighted by Crippen LogP contribution is 2.16. The smallest absolute Gasteiger partial charge is 0.306 e. The average Bonchev–Trinajstić information content (AvgIpc) is 3.33. The van der Waals surface area contributed by atoms with Gasteiger partial charge in [0.25, 0.3) is 0 Å². The van der Waals surface area contributed by atoms with Gasteiger partial charge in [0.1, 0.15) is 13.2 Å². The maximum atomic E-state index is 12.8. The molecule has 0 amide bonds. The summed E-state index contributed by atoms with van der Waals surface area (Å²) in [6.45, 7) is 6.36. The number of carbonyl (C=O) groups excluding carboxylic acids is 3. The lowest BCUT2D eigenvalue weighted by atomic mass is 10.0. The summed E-state index contributed by atoms with van der Waals surface area (Å²) in [5.41, 5.74) is 0. The molecule has 0 bridgehead atoms. The van der Waals surface area contributed by atoms with Crippen LogP contribution in [-0.2, 0) is 28.6 Å². The first kappa shape index (κ1) is 63.3. The number of rotatable bonds is 49. The van der Waals surface area contributed by atoms with Gasteiger partial charge in [-0.3, -0.25) is 14.4 Å². The Kier molecular flexibility index (Phi) is 51.9. The number of carbonyl (C=O) groups is 3. The summed E-state index contributed by atoms with van der Waals surface area (Å²) in [6.07, 6.45) is 72.5. The molecule has 0 radical (unpaired) electrons. The van der Waals surface area contributed by atoms with E-state index in [9.17, 15) is 14.4 Å². The first-order valence-electron chi connectivity index (χ1n) is 27.8. The van der Waals surface area contributed by atoms with Crippen molar-refractivity contribution in [2.75, 3.05) is 13.2 Å². The number of ether oxygens (including phenoxy) is 3. The van der Waals surface area contributed by atoms with Crippen molar-refractivity contribution in [2.45, 2.75) is 258 Å². The molecule has 0 saturated heterocycles. The zero-order valence-electron chi connectivity index (χ0n) is 43.6. The number of allylic oxidation sites excluding steroid dienone is 16. The number of unbranched alkanes of at least 4 members (excludes halogenated alkanes) is 27. The van der Waals surface area contributed by atoms with E-state index in [-0.39, 0.29) is 37.5 Å². The molecule has 6 nitrogen and oxygen atoms in total. The van der Waals surface area contributed by atoms with Crippen LogP contribution in [0.2, 0.25) is 0 Å². The molecule has 0 N–H and O–H groups in total. The Morgan fingerprint density at radius 3 is 1.09 bits per heavy atom. The predicted molar refractivity (Wildman–Crippen MR) is 288 cm³/mol. The van der Waals surface area contributed by atoms with Crippen LogP contribution in [0.15, 0.2) is 97.2 Å². The molecular formula is C61H102O6. The Morgan fingerprint density at radius 2 is 0.657 bits per heavy atom. The van der Waals surface area contributed by atoms with E-state index in [0.717, 1.165) is 83.5 Å². The van der Waals surface area contributed by atoms with Gasteiger partial charge in [0, 0.05) is 19.3 Å². The average molecular weight is 931 g/mol. The second kappa shape index (κ2) is 54.9. The normalized spacial score (nSPS) is 12.8. The molecule has 0 fully saturated rings. The highest BCUT2D eigenvalue weighted by Gasteiger charge is 2.19. The monoisotopic (exact) mass is 931 g/mol. The Bertz CT molecular complexity index is 1350. The van der Waals surface area contributed by atoms with E-state index in [1.807, 2.05) is 60.8 Å². The molecule has 1 unspecified atom stereocenters. The van der Waals surface area contributed by atoms with E-state index >= 15 is 0 Å². The molecule has 0 aromatic rings. The lowest BCUT2D eigenvalue weighted by Crippen LogP contribution is -2.30.